The summed E-state index contributed by atoms with van der Waals surface area (Å²) in [5.41, 5.74) is 0.639. The van der Waals surface area contributed by atoms with E-state index in [9.17, 15) is 9.59 Å². The third-order valence-corrected chi connectivity index (χ3v) is 3.33. The van der Waals surface area contributed by atoms with E-state index in [2.05, 4.69) is 4.98 Å². The molecule has 1 heterocycles. The highest BCUT2D eigenvalue weighted by molar-refractivity contribution is 5.99. The van der Waals surface area contributed by atoms with Crippen molar-refractivity contribution in [1.82, 2.24) is 9.55 Å². The maximum absolute atomic E-state index is 12.3. The zero-order valence-corrected chi connectivity index (χ0v) is 10.3. The number of hydrogen-bond donors (Lipinski definition) is 0. The topological polar surface area (TPSA) is 52.0 Å². The van der Waals surface area contributed by atoms with Crippen LogP contribution in [0.15, 0.2) is 12.5 Å². The molecule has 0 spiro atoms. The molecule has 1 aromatic rings. The normalized spacial score (nSPS) is 20.9. The van der Waals surface area contributed by atoms with Crippen molar-refractivity contribution in [3.63, 3.8) is 0 Å². The fourth-order valence-corrected chi connectivity index (χ4v) is 2.36. The Morgan fingerprint density at radius 1 is 1.53 bits per heavy atom. The average Bonchev–Trinajstić information content (AvgIpc) is 2.77. The number of ketones is 2. The van der Waals surface area contributed by atoms with E-state index >= 15 is 0 Å². The highest BCUT2D eigenvalue weighted by Gasteiger charge is 2.28. The Bertz CT molecular complexity index is 434. The first kappa shape index (κ1) is 12.0. The van der Waals surface area contributed by atoms with Crippen molar-refractivity contribution in [3.05, 3.63) is 18.2 Å². The summed E-state index contributed by atoms with van der Waals surface area (Å²) in [4.78, 5) is 27.7. The van der Waals surface area contributed by atoms with Crippen LogP contribution in [0, 0.1) is 5.92 Å². The van der Waals surface area contributed by atoms with Gasteiger partial charge >= 0.3 is 0 Å². The highest BCUT2D eigenvalue weighted by Crippen LogP contribution is 2.25. The zero-order chi connectivity index (χ0) is 12.4. The molecular weight excluding hydrogens is 216 g/mol. The van der Waals surface area contributed by atoms with E-state index in [0.717, 1.165) is 12.8 Å². The molecule has 0 amide bonds. The lowest BCUT2D eigenvalue weighted by Gasteiger charge is -2.20. The van der Waals surface area contributed by atoms with Gasteiger partial charge in [0, 0.05) is 24.8 Å². The molecule has 0 aromatic carbocycles. The smallest absolute Gasteiger partial charge is 0.184 e. The van der Waals surface area contributed by atoms with E-state index in [4.69, 9.17) is 0 Å². The molecule has 1 aliphatic carbocycles. The SMILES string of the molecule is CC(C)n1cncc1C(=O)C1CCCC(=O)C1. The number of carbonyl (C=O) groups excluding carboxylic acids is 2. The van der Waals surface area contributed by atoms with Gasteiger partial charge in [0.05, 0.1) is 12.5 Å². The maximum Gasteiger partial charge on any atom is 0.184 e. The quantitative estimate of drug-likeness (QED) is 0.755. The number of Topliss-reactive ketones (excluding diaryl/α,β-unsaturated/α-hetero) is 2. The van der Waals surface area contributed by atoms with Crippen molar-refractivity contribution in [2.24, 2.45) is 5.92 Å². The van der Waals surface area contributed by atoms with Gasteiger partial charge in [-0.15, -0.1) is 0 Å². The van der Waals surface area contributed by atoms with Crippen molar-refractivity contribution < 1.29 is 9.59 Å². The summed E-state index contributed by atoms with van der Waals surface area (Å²) in [5.74, 6) is 0.153. The van der Waals surface area contributed by atoms with Crippen LogP contribution in [0.1, 0.15) is 56.1 Å². The summed E-state index contributed by atoms with van der Waals surface area (Å²) in [6.07, 6.45) is 6.00. The molecule has 1 unspecified atom stereocenters. The van der Waals surface area contributed by atoms with Crippen LogP contribution in [-0.4, -0.2) is 21.1 Å². The lowest BCUT2D eigenvalue weighted by molar-refractivity contribution is -0.121. The van der Waals surface area contributed by atoms with Gasteiger partial charge in [-0.1, -0.05) is 0 Å². The molecule has 92 valence electrons. The van der Waals surface area contributed by atoms with E-state index in [0.29, 0.717) is 18.5 Å². The fraction of sp³-hybridized carbons (Fsp3) is 0.615. The fourth-order valence-electron chi connectivity index (χ4n) is 2.36. The highest BCUT2D eigenvalue weighted by atomic mass is 16.1. The van der Waals surface area contributed by atoms with Crippen LogP contribution in [0.2, 0.25) is 0 Å². The minimum Gasteiger partial charge on any atom is -0.326 e. The molecule has 1 fully saturated rings. The second kappa shape index (κ2) is 4.82. The van der Waals surface area contributed by atoms with Crippen molar-refractivity contribution in [3.8, 4) is 0 Å². The van der Waals surface area contributed by atoms with Crippen LogP contribution in [0.25, 0.3) is 0 Å². The Morgan fingerprint density at radius 2 is 2.29 bits per heavy atom. The Morgan fingerprint density at radius 3 is 2.94 bits per heavy atom. The van der Waals surface area contributed by atoms with Crippen LogP contribution < -0.4 is 0 Å². The molecule has 0 saturated heterocycles. The summed E-state index contributed by atoms with van der Waals surface area (Å²) >= 11 is 0. The predicted molar refractivity (Wildman–Crippen MR) is 63.9 cm³/mol. The second-order valence-electron chi connectivity index (χ2n) is 4.98. The molecule has 4 nitrogen and oxygen atoms in total. The molecule has 2 rings (SSSR count). The van der Waals surface area contributed by atoms with Gasteiger partial charge in [-0.2, -0.15) is 0 Å². The number of imidazole rings is 1. The molecule has 0 bridgehead atoms. The van der Waals surface area contributed by atoms with Gasteiger partial charge in [-0.25, -0.2) is 4.98 Å². The third-order valence-electron chi connectivity index (χ3n) is 3.33. The second-order valence-corrected chi connectivity index (χ2v) is 4.98. The minimum atomic E-state index is -0.134. The van der Waals surface area contributed by atoms with Gasteiger partial charge in [0.25, 0.3) is 0 Å². The number of nitrogens with zero attached hydrogens (tertiary/aromatic N) is 2. The maximum atomic E-state index is 12.3. The Kier molecular flexibility index (Phi) is 3.41. The van der Waals surface area contributed by atoms with E-state index in [1.54, 1.807) is 12.5 Å². The van der Waals surface area contributed by atoms with Crippen LogP contribution in [0.5, 0.6) is 0 Å². The molecule has 17 heavy (non-hydrogen) atoms. The van der Waals surface area contributed by atoms with Crippen LogP contribution in [-0.2, 0) is 4.79 Å². The van der Waals surface area contributed by atoms with Crippen LogP contribution >= 0.6 is 0 Å². The summed E-state index contributed by atoms with van der Waals surface area (Å²) in [5, 5.41) is 0. The monoisotopic (exact) mass is 234 g/mol. The first-order valence-electron chi connectivity index (χ1n) is 6.17. The molecule has 4 heteroatoms. The predicted octanol–water partition coefficient (Wildman–Crippen LogP) is 2.41. The first-order valence-corrected chi connectivity index (χ1v) is 6.17. The van der Waals surface area contributed by atoms with E-state index in [1.165, 1.54) is 0 Å². The lowest BCUT2D eigenvalue weighted by atomic mass is 9.84. The largest absolute Gasteiger partial charge is 0.326 e. The Balaban J connectivity index is 2.18. The molecule has 0 radical (unpaired) electrons. The molecule has 1 atom stereocenters. The van der Waals surface area contributed by atoms with Crippen LogP contribution in [0.3, 0.4) is 0 Å². The number of aromatic nitrogens is 2. The van der Waals surface area contributed by atoms with Gasteiger partial charge < -0.3 is 4.57 Å². The summed E-state index contributed by atoms with van der Waals surface area (Å²) in [7, 11) is 0. The molecule has 0 N–H and O–H groups in total. The summed E-state index contributed by atoms with van der Waals surface area (Å²) < 4.78 is 1.88. The van der Waals surface area contributed by atoms with Crippen LogP contribution in [0.4, 0.5) is 0 Å². The summed E-state index contributed by atoms with van der Waals surface area (Å²) in [6.45, 7) is 4.04. The molecule has 0 aliphatic heterocycles. The van der Waals surface area contributed by atoms with Gasteiger partial charge in [0.2, 0.25) is 0 Å². The van der Waals surface area contributed by atoms with Crippen molar-refractivity contribution in [1.29, 1.82) is 0 Å². The number of carbonyl (C=O) groups is 2. The standard InChI is InChI=1S/C13H18N2O2/c1-9(2)15-8-14-7-12(15)13(17)10-4-3-5-11(16)6-10/h7-10H,3-6H2,1-2H3. The summed E-state index contributed by atoms with van der Waals surface area (Å²) in [6, 6.07) is 0.218. The van der Waals surface area contributed by atoms with Gasteiger partial charge in [0.1, 0.15) is 11.5 Å². The molecule has 1 aromatic heterocycles. The first-order chi connectivity index (χ1) is 8.09. The molecule has 1 saturated carbocycles. The van der Waals surface area contributed by atoms with Crippen molar-refractivity contribution in [2.45, 2.75) is 45.6 Å². The van der Waals surface area contributed by atoms with Crippen molar-refractivity contribution >= 4 is 11.6 Å². The molecular formula is C13H18N2O2. The number of hydrogen-bond acceptors (Lipinski definition) is 3. The Hall–Kier alpha value is -1.45. The van der Waals surface area contributed by atoms with E-state index < -0.39 is 0 Å². The average molecular weight is 234 g/mol. The van der Waals surface area contributed by atoms with Gasteiger partial charge in [-0.05, 0) is 26.7 Å². The van der Waals surface area contributed by atoms with Crippen molar-refractivity contribution in [2.75, 3.05) is 0 Å². The Labute approximate surface area is 101 Å². The zero-order valence-electron chi connectivity index (χ0n) is 10.3. The minimum absolute atomic E-state index is 0.0734. The molecule has 1 aliphatic rings. The van der Waals surface area contributed by atoms with Gasteiger partial charge in [-0.3, -0.25) is 9.59 Å². The third kappa shape index (κ3) is 2.46. The number of rotatable bonds is 3. The van der Waals surface area contributed by atoms with E-state index in [1.807, 2.05) is 18.4 Å². The van der Waals surface area contributed by atoms with Gasteiger partial charge in [0.15, 0.2) is 5.78 Å². The lowest BCUT2D eigenvalue weighted by Crippen LogP contribution is -2.25. The van der Waals surface area contributed by atoms with E-state index in [-0.39, 0.29) is 23.5 Å².